The van der Waals surface area contributed by atoms with Crippen molar-refractivity contribution in [1.82, 2.24) is 9.47 Å². The van der Waals surface area contributed by atoms with E-state index in [0.717, 1.165) is 13.0 Å². The van der Waals surface area contributed by atoms with Crippen molar-refractivity contribution in [2.45, 2.75) is 32.4 Å². The van der Waals surface area contributed by atoms with Crippen LogP contribution in [-0.4, -0.2) is 41.0 Å². The molecular formula is C13H18N2O3. The summed E-state index contributed by atoms with van der Waals surface area (Å²) in [6.07, 6.45) is 3.40. The first kappa shape index (κ1) is 12.7. The van der Waals surface area contributed by atoms with Crippen molar-refractivity contribution in [2.75, 3.05) is 13.7 Å². The number of methoxy groups -OCH3 is 1. The fraction of sp³-hybridized carbons (Fsp3) is 0.538. The number of amides is 1. The second kappa shape index (κ2) is 5.25. The van der Waals surface area contributed by atoms with Crippen molar-refractivity contribution in [1.29, 1.82) is 0 Å². The number of aryl methyl sites for hydroxylation is 1. The van der Waals surface area contributed by atoms with Gasteiger partial charge < -0.3 is 14.2 Å². The minimum absolute atomic E-state index is 0.0882. The van der Waals surface area contributed by atoms with Crippen LogP contribution in [0.2, 0.25) is 0 Å². The summed E-state index contributed by atoms with van der Waals surface area (Å²) in [7, 11) is 1.36. The van der Waals surface area contributed by atoms with Crippen LogP contribution < -0.4 is 0 Å². The Kier molecular flexibility index (Phi) is 3.69. The number of carbonyl (C=O) groups excluding carboxylic acids is 2. The zero-order valence-electron chi connectivity index (χ0n) is 10.8. The Morgan fingerprint density at radius 1 is 1.50 bits per heavy atom. The molecule has 0 saturated carbocycles. The molecule has 18 heavy (non-hydrogen) atoms. The average molecular weight is 250 g/mol. The Morgan fingerprint density at radius 3 is 2.94 bits per heavy atom. The van der Waals surface area contributed by atoms with Crippen LogP contribution >= 0.6 is 0 Å². The Hall–Kier alpha value is -1.78. The Balaban J connectivity index is 2.20. The van der Waals surface area contributed by atoms with Gasteiger partial charge in [0.15, 0.2) is 0 Å². The maximum absolute atomic E-state index is 12.4. The molecule has 5 nitrogen and oxygen atoms in total. The predicted octanol–water partition coefficient (Wildman–Crippen LogP) is 1.29. The molecule has 98 valence electrons. The third-order valence-corrected chi connectivity index (χ3v) is 3.38. The van der Waals surface area contributed by atoms with Crippen LogP contribution in [0.25, 0.3) is 0 Å². The highest BCUT2D eigenvalue weighted by Crippen LogP contribution is 2.21. The molecule has 1 aromatic heterocycles. The van der Waals surface area contributed by atoms with Gasteiger partial charge in [-0.05, 0) is 31.9 Å². The SMILES string of the molecule is CCn1cccc1C(=O)N1CCCC1C(=O)OC. The molecule has 1 unspecified atom stereocenters. The molecule has 0 radical (unpaired) electrons. The van der Waals surface area contributed by atoms with E-state index >= 15 is 0 Å². The van der Waals surface area contributed by atoms with Crippen LogP contribution in [0.3, 0.4) is 0 Å². The monoisotopic (exact) mass is 250 g/mol. The van der Waals surface area contributed by atoms with Gasteiger partial charge >= 0.3 is 5.97 Å². The maximum atomic E-state index is 12.4. The largest absolute Gasteiger partial charge is 0.467 e. The van der Waals surface area contributed by atoms with Crippen molar-refractivity contribution in [3.05, 3.63) is 24.0 Å². The van der Waals surface area contributed by atoms with Gasteiger partial charge in [-0.3, -0.25) is 4.79 Å². The summed E-state index contributed by atoms with van der Waals surface area (Å²) in [4.78, 5) is 25.7. The van der Waals surface area contributed by atoms with Gasteiger partial charge in [-0.15, -0.1) is 0 Å². The molecule has 1 aliphatic heterocycles. The van der Waals surface area contributed by atoms with Gasteiger partial charge in [-0.2, -0.15) is 0 Å². The molecule has 0 aliphatic carbocycles. The van der Waals surface area contributed by atoms with Gasteiger partial charge in [0.05, 0.1) is 7.11 Å². The molecule has 5 heteroatoms. The van der Waals surface area contributed by atoms with Crippen molar-refractivity contribution in [3.8, 4) is 0 Å². The van der Waals surface area contributed by atoms with E-state index in [9.17, 15) is 9.59 Å². The number of rotatable bonds is 3. The maximum Gasteiger partial charge on any atom is 0.328 e. The number of carbonyl (C=O) groups is 2. The molecule has 1 aromatic rings. The number of esters is 1. The minimum atomic E-state index is -0.428. The molecule has 0 spiro atoms. The number of nitrogens with zero attached hydrogens (tertiary/aromatic N) is 2. The molecule has 1 atom stereocenters. The van der Waals surface area contributed by atoms with E-state index in [1.54, 1.807) is 11.0 Å². The van der Waals surface area contributed by atoms with E-state index in [0.29, 0.717) is 18.7 Å². The van der Waals surface area contributed by atoms with Gasteiger partial charge in [0, 0.05) is 19.3 Å². The first-order valence-electron chi connectivity index (χ1n) is 6.23. The lowest BCUT2D eigenvalue weighted by atomic mass is 10.2. The highest BCUT2D eigenvalue weighted by molar-refractivity contribution is 5.96. The van der Waals surface area contributed by atoms with Gasteiger partial charge in [-0.1, -0.05) is 0 Å². The summed E-state index contributed by atoms with van der Waals surface area (Å²) >= 11 is 0. The Morgan fingerprint density at radius 2 is 2.28 bits per heavy atom. The normalized spacial score (nSPS) is 19.0. The molecule has 2 rings (SSSR count). The van der Waals surface area contributed by atoms with E-state index in [2.05, 4.69) is 0 Å². The first-order valence-corrected chi connectivity index (χ1v) is 6.23. The molecule has 1 fully saturated rings. The van der Waals surface area contributed by atoms with Gasteiger partial charge in [0.25, 0.3) is 5.91 Å². The Bertz CT molecular complexity index is 453. The van der Waals surface area contributed by atoms with Crippen molar-refractivity contribution < 1.29 is 14.3 Å². The van der Waals surface area contributed by atoms with Crippen LogP contribution in [0.15, 0.2) is 18.3 Å². The van der Waals surface area contributed by atoms with Crippen LogP contribution in [0.5, 0.6) is 0 Å². The number of hydrogen-bond donors (Lipinski definition) is 0. The summed E-state index contributed by atoms with van der Waals surface area (Å²) in [6, 6.07) is 3.21. The summed E-state index contributed by atoms with van der Waals surface area (Å²) in [5, 5.41) is 0. The quantitative estimate of drug-likeness (QED) is 0.759. The van der Waals surface area contributed by atoms with E-state index in [1.165, 1.54) is 7.11 Å². The highest BCUT2D eigenvalue weighted by atomic mass is 16.5. The molecule has 1 aliphatic rings. The minimum Gasteiger partial charge on any atom is -0.467 e. The lowest BCUT2D eigenvalue weighted by molar-refractivity contribution is -0.145. The lowest BCUT2D eigenvalue weighted by Crippen LogP contribution is -2.41. The fourth-order valence-corrected chi connectivity index (χ4v) is 2.42. The van der Waals surface area contributed by atoms with E-state index in [1.807, 2.05) is 23.8 Å². The summed E-state index contributed by atoms with van der Waals surface area (Å²) in [5.41, 5.74) is 0.633. The third-order valence-electron chi connectivity index (χ3n) is 3.38. The second-order valence-corrected chi connectivity index (χ2v) is 4.36. The van der Waals surface area contributed by atoms with Crippen molar-refractivity contribution in [2.24, 2.45) is 0 Å². The lowest BCUT2D eigenvalue weighted by Gasteiger charge is -2.23. The van der Waals surface area contributed by atoms with Gasteiger partial charge in [0.1, 0.15) is 11.7 Å². The molecule has 0 N–H and O–H groups in total. The molecular weight excluding hydrogens is 232 g/mol. The van der Waals surface area contributed by atoms with Crippen LogP contribution in [0.1, 0.15) is 30.3 Å². The first-order chi connectivity index (χ1) is 8.69. The van der Waals surface area contributed by atoms with E-state index in [4.69, 9.17) is 4.74 Å². The summed E-state index contributed by atoms with van der Waals surface area (Å²) in [6.45, 7) is 3.34. The highest BCUT2D eigenvalue weighted by Gasteiger charge is 2.35. The summed E-state index contributed by atoms with van der Waals surface area (Å²) < 4.78 is 6.63. The summed E-state index contributed by atoms with van der Waals surface area (Å²) in [5.74, 6) is -0.412. The average Bonchev–Trinajstić information content (AvgIpc) is 3.04. The molecule has 0 bridgehead atoms. The number of aromatic nitrogens is 1. The van der Waals surface area contributed by atoms with Gasteiger partial charge in [0.2, 0.25) is 0 Å². The molecule has 1 amide bonds. The van der Waals surface area contributed by atoms with Gasteiger partial charge in [-0.25, -0.2) is 4.79 Å². The second-order valence-electron chi connectivity index (χ2n) is 4.36. The van der Waals surface area contributed by atoms with E-state index in [-0.39, 0.29) is 11.9 Å². The van der Waals surface area contributed by atoms with E-state index < -0.39 is 6.04 Å². The third kappa shape index (κ3) is 2.12. The number of ether oxygens (including phenoxy) is 1. The fourth-order valence-electron chi connectivity index (χ4n) is 2.42. The number of hydrogen-bond acceptors (Lipinski definition) is 3. The molecule has 2 heterocycles. The van der Waals surface area contributed by atoms with Crippen LogP contribution in [0.4, 0.5) is 0 Å². The smallest absolute Gasteiger partial charge is 0.328 e. The zero-order valence-corrected chi connectivity index (χ0v) is 10.8. The molecule has 1 saturated heterocycles. The van der Waals surface area contributed by atoms with Crippen LogP contribution in [0, 0.1) is 0 Å². The standard InChI is InChI=1S/C13H18N2O3/c1-3-14-8-4-6-10(14)12(16)15-9-5-7-11(15)13(17)18-2/h4,6,8,11H,3,5,7,9H2,1-2H3. The van der Waals surface area contributed by atoms with Crippen molar-refractivity contribution in [3.63, 3.8) is 0 Å². The predicted molar refractivity (Wildman–Crippen MR) is 66.2 cm³/mol. The van der Waals surface area contributed by atoms with Crippen LogP contribution in [-0.2, 0) is 16.1 Å². The zero-order chi connectivity index (χ0) is 13.1. The van der Waals surface area contributed by atoms with Crippen molar-refractivity contribution >= 4 is 11.9 Å². The topological polar surface area (TPSA) is 51.5 Å². The number of likely N-dealkylation sites (tertiary alicyclic amines) is 1. The molecule has 0 aromatic carbocycles. The Labute approximate surface area is 106 Å².